The Morgan fingerprint density at radius 2 is 2.06 bits per heavy atom. The molecule has 1 heterocycles. The van der Waals surface area contributed by atoms with E-state index in [2.05, 4.69) is 41.6 Å². The zero-order chi connectivity index (χ0) is 13.3. The fourth-order valence-electron chi connectivity index (χ4n) is 2.77. The van der Waals surface area contributed by atoms with Gasteiger partial charge in [0.2, 0.25) is 0 Å². The van der Waals surface area contributed by atoms with Gasteiger partial charge in [0.15, 0.2) is 0 Å². The number of nitrogens with zero attached hydrogens (tertiary/aromatic N) is 1. The number of phenolic OH excluding ortho intramolecular Hbond substituents is 1. The van der Waals surface area contributed by atoms with E-state index in [1.54, 1.807) is 6.07 Å². The lowest BCUT2D eigenvalue weighted by Gasteiger charge is -2.26. The summed E-state index contributed by atoms with van der Waals surface area (Å²) in [7, 11) is 0. The summed E-state index contributed by atoms with van der Waals surface area (Å²) >= 11 is 3.48. The summed E-state index contributed by atoms with van der Waals surface area (Å²) in [6, 6.07) is 5.97. The first-order valence-corrected chi connectivity index (χ1v) is 7.50. The summed E-state index contributed by atoms with van der Waals surface area (Å²) in [5.74, 6) is 1.94. The first kappa shape index (κ1) is 13.9. The Kier molecular flexibility index (Phi) is 4.33. The van der Waals surface area contributed by atoms with E-state index in [1.807, 2.05) is 12.1 Å². The van der Waals surface area contributed by atoms with E-state index in [0.717, 1.165) is 35.0 Å². The molecule has 2 nitrogen and oxygen atoms in total. The van der Waals surface area contributed by atoms with E-state index in [-0.39, 0.29) is 6.04 Å². The predicted octanol–water partition coefficient (Wildman–Crippen LogP) is 4.19. The van der Waals surface area contributed by atoms with Gasteiger partial charge in [-0.1, -0.05) is 29.8 Å². The van der Waals surface area contributed by atoms with Gasteiger partial charge in [0, 0.05) is 22.6 Å². The van der Waals surface area contributed by atoms with Crippen molar-refractivity contribution in [3.05, 3.63) is 28.2 Å². The number of phenols is 1. The van der Waals surface area contributed by atoms with Crippen LogP contribution in [0.1, 0.15) is 38.8 Å². The second-order valence-corrected chi connectivity index (χ2v) is 6.58. The highest BCUT2D eigenvalue weighted by Gasteiger charge is 2.29. The number of halogens is 1. The summed E-state index contributed by atoms with van der Waals surface area (Å²) in [5.41, 5.74) is 1.02. The maximum absolute atomic E-state index is 9.99. The van der Waals surface area contributed by atoms with Crippen molar-refractivity contribution in [3.8, 4) is 5.75 Å². The Balaban J connectivity index is 2.12. The van der Waals surface area contributed by atoms with Gasteiger partial charge in [-0.25, -0.2) is 0 Å². The fourth-order valence-corrected chi connectivity index (χ4v) is 3.15. The van der Waals surface area contributed by atoms with Crippen molar-refractivity contribution in [2.24, 2.45) is 11.8 Å². The maximum Gasteiger partial charge on any atom is 0.120 e. The number of hydrogen-bond donors (Lipinski definition) is 1. The van der Waals surface area contributed by atoms with E-state index >= 15 is 0 Å². The Labute approximate surface area is 118 Å². The Bertz CT molecular complexity index is 419. The summed E-state index contributed by atoms with van der Waals surface area (Å²) < 4.78 is 1.03. The number of hydrogen-bond acceptors (Lipinski definition) is 2. The summed E-state index contributed by atoms with van der Waals surface area (Å²) in [4.78, 5) is 2.48. The van der Waals surface area contributed by atoms with Gasteiger partial charge in [-0.15, -0.1) is 0 Å². The first-order chi connectivity index (χ1) is 8.49. The third-order valence-electron chi connectivity index (χ3n) is 4.19. The Morgan fingerprint density at radius 1 is 1.33 bits per heavy atom. The third-order valence-corrected chi connectivity index (χ3v) is 4.68. The molecule has 1 aromatic carbocycles. The number of aromatic hydroxyl groups is 1. The average molecular weight is 312 g/mol. The van der Waals surface area contributed by atoms with E-state index in [9.17, 15) is 5.11 Å². The second-order valence-electron chi connectivity index (χ2n) is 5.67. The van der Waals surface area contributed by atoms with Gasteiger partial charge < -0.3 is 5.11 Å². The van der Waals surface area contributed by atoms with Crippen molar-refractivity contribution in [2.45, 2.75) is 33.2 Å². The molecule has 0 radical (unpaired) electrons. The largest absolute Gasteiger partial charge is 0.508 e. The molecular weight excluding hydrogens is 290 g/mol. The molecule has 1 N–H and O–H groups in total. The van der Waals surface area contributed by atoms with E-state index < -0.39 is 0 Å². The molecule has 2 rings (SSSR count). The highest BCUT2D eigenvalue weighted by Crippen LogP contribution is 2.35. The molecule has 1 aromatic rings. The van der Waals surface area contributed by atoms with Crippen LogP contribution in [0.3, 0.4) is 0 Å². The van der Waals surface area contributed by atoms with Gasteiger partial charge in [0.05, 0.1) is 0 Å². The summed E-state index contributed by atoms with van der Waals surface area (Å²) in [6.07, 6.45) is 1.27. The van der Waals surface area contributed by atoms with Gasteiger partial charge in [-0.3, -0.25) is 4.90 Å². The monoisotopic (exact) mass is 311 g/mol. The van der Waals surface area contributed by atoms with Gasteiger partial charge in [0.25, 0.3) is 0 Å². The molecular formula is C15H22BrNO. The van der Waals surface area contributed by atoms with Crippen LogP contribution in [0.4, 0.5) is 0 Å². The molecule has 0 amide bonds. The molecule has 0 bridgehead atoms. The maximum atomic E-state index is 9.99. The Morgan fingerprint density at radius 3 is 2.67 bits per heavy atom. The Hall–Kier alpha value is -0.540. The lowest BCUT2D eigenvalue weighted by atomic mass is 9.95. The lowest BCUT2D eigenvalue weighted by molar-refractivity contribution is 0.237. The molecule has 1 aliphatic heterocycles. The minimum absolute atomic E-state index is 0.284. The first-order valence-electron chi connectivity index (χ1n) is 6.71. The lowest BCUT2D eigenvalue weighted by Crippen LogP contribution is -2.25. The molecule has 1 fully saturated rings. The van der Waals surface area contributed by atoms with Crippen molar-refractivity contribution >= 4 is 15.9 Å². The van der Waals surface area contributed by atoms with Crippen molar-refractivity contribution in [3.63, 3.8) is 0 Å². The molecule has 100 valence electrons. The molecule has 1 saturated heterocycles. The molecule has 0 saturated carbocycles. The van der Waals surface area contributed by atoms with Gasteiger partial charge in [0.1, 0.15) is 5.75 Å². The van der Waals surface area contributed by atoms with Crippen LogP contribution in [0, 0.1) is 11.8 Å². The van der Waals surface area contributed by atoms with Gasteiger partial charge >= 0.3 is 0 Å². The average Bonchev–Trinajstić information content (AvgIpc) is 2.81. The number of likely N-dealkylation sites (tertiary alicyclic amines) is 1. The van der Waals surface area contributed by atoms with Crippen LogP contribution >= 0.6 is 15.9 Å². The molecule has 1 aliphatic rings. The summed E-state index contributed by atoms with van der Waals surface area (Å²) in [5, 5.41) is 9.99. The van der Waals surface area contributed by atoms with E-state index in [4.69, 9.17) is 0 Å². The zero-order valence-corrected chi connectivity index (χ0v) is 12.9. The van der Waals surface area contributed by atoms with Crippen molar-refractivity contribution < 1.29 is 5.11 Å². The minimum atomic E-state index is 0.284. The molecule has 2 unspecified atom stereocenters. The highest BCUT2D eigenvalue weighted by molar-refractivity contribution is 9.10. The van der Waals surface area contributed by atoms with Crippen LogP contribution < -0.4 is 0 Å². The van der Waals surface area contributed by atoms with Crippen LogP contribution in [0.15, 0.2) is 22.7 Å². The molecule has 0 aliphatic carbocycles. The minimum Gasteiger partial charge on any atom is -0.508 e. The van der Waals surface area contributed by atoms with E-state index in [1.165, 1.54) is 6.42 Å². The van der Waals surface area contributed by atoms with Crippen molar-refractivity contribution in [1.82, 2.24) is 4.90 Å². The van der Waals surface area contributed by atoms with Gasteiger partial charge in [-0.05, 0) is 49.9 Å². The molecule has 0 spiro atoms. The molecule has 18 heavy (non-hydrogen) atoms. The number of benzene rings is 1. The SMILES string of the molecule is CC(C)C1CCN(C(C)c2cc(Br)ccc2O)C1. The van der Waals surface area contributed by atoms with Crippen LogP contribution in [0.25, 0.3) is 0 Å². The number of rotatable bonds is 3. The van der Waals surface area contributed by atoms with Crippen molar-refractivity contribution in [1.29, 1.82) is 0 Å². The van der Waals surface area contributed by atoms with E-state index in [0.29, 0.717) is 5.75 Å². The molecule has 2 atom stereocenters. The molecule has 3 heteroatoms. The molecule has 0 aromatic heterocycles. The predicted molar refractivity (Wildman–Crippen MR) is 78.7 cm³/mol. The van der Waals surface area contributed by atoms with Crippen LogP contribution in [0.5, 0.6) is 5.75 Å². The van der Waals surface area contributed by atoms with Crippen LogP contribution in [0.2, 0.25) is 0 Å². The van der Waals surface area contributed by atoms with Gasteiger partial charge in [-0.2, -0.15) is 0 Å². The smallest absolute Gasteiger partial charge is 0.120 e. The van der Waals surface area contributed by atoms with Crippen molar-refractivity contribution in [2.75, 3.05) is 13.1 Å². The third kappa shape index (κ3) is 2.89. The highest BCUT2D eigenvalue weighted by atomic mass is 79.9. The topological polar surface area (TPSA) is 23.5 Å². The fraction of sp³-hybridized carbons (Fsp3) is 0.600. The second kappa shape index (κ2) is 5.62. The normalized spacial score (nSPS) is 22.6. The summed E-state index contributed by atoms with van der Waals surface area (Å²) in [6.45, 7) is 9.07. The standard InChI is InChI=1S/C15H22BrNO/c1-10(2)12-6-7-17(9-12)11(3)14-8-13(16)4-5-15(14)18/h4-5,8,10-12,18H,6-7,9H2,1-3H3. The van der Waals surface area contributed by atoms with Crippen LogP contribution in [-0.4, -0.2) is 23.1 Å². The zero-order valence-electron chi connectivity index (χ0n) is 11.4. The quantitative estimate of drug-likeness (QED) is 0.904. The van der Waals surface area contributed by atoms with Crippen LogP contribution in [-0.2, 0) is 0 Å².